The van der Waals surface area contributed by atoms with E-state index in [2.05, 4.69) is 12.6 Å². The zero-order chi connectivity index (χ0) is 6.57. The monoisotopic (exact) mass is 171 g/mol. The van der Waals surface area contributed by atoms with Crippen molar-refractivity contribution in [1.82, 2.24) is 0 Å². The second kappa shape index (κ2) is 4.36. The zero-order valence-electron chi connectivity index (χ0n) is 4.06. The fraction of sp³-hybridized carbons (Fsp3) is 0.750. The van der Waals surface area contributed by atoms with E-state index in [1.807, 2.05) is 0 Å². The zero-order valence-corrected chi connectivity index (χ0v) is 6.39. The van der Waals surface area contributed by atoms with Gasteiger partial charge in [0.1, 0.15) is 0 Å². The predicted octanol–water partition coefficient (Wildman–Crippen LogP) is 1.80. The molecule has 0 aliphatic heterocycles. The molecule has 0 fully saturated rings. The van der Waals surface area contributed by atoms with Crippen molar-refractivity contribution in [3.05, 3.63) is 0 Å². The van der Waals surface area contributed by atoms with Gasteiger partial charge in [-0.05, 0) is 12.6 Å². The second-order valence-electron chi connectivity index (χ2n) is 1.32. The predicted molar refractivity (Wildman–Crippen MR) is 37.5 cm³/mol. The van der Waals surface area contributed by atoms with Gasteiger partial charge in [0.25, 0.3) is 0 Å². The molecule has 0 amide bonds. The summed E-state index contributed by atoms with van der Waals surface area (Å²) in [7, 11) is 0. The molecular weight excluding hydrogens is 167 g/mol. The maximum Gasteiger partial charge on any atom is 0.224 e. The molecular formula is C4H5Cl2OS. The summed E-state index contributed by atoms with van der Waals surface area (Å²) in [5, 5.41) is -0.352. The summed E-state index contributed by atoms with van der Waals surface area (Å²) in [5.41, 5.74) is 0. The van der Waals surface area contributed by atoms with E-state index in [-0.39, 0.29) is 22.8 Å². The Kier molecular flexibility index (Phi) is 4.61. The molecule has 0 saturated carbocycles. The molecule has 0 rings (SSSR count). The summed E-state index contributed by atoms with van der Waals surface area (Å²) >= 11 is 14.9. The van der Waals surface area contributed by atoms with Crippen LogP contribution in [0.3, 0.4) is 0 Å². The molecule has 1 radical (unpaired) electrons. The first-order valence-electron chi connectivity index (χ1n) is 2.05. The molecule has 0 unspecified atom stereocenters. The summed E-state index contributed by atoms with van der Waals surface area (Å²) in [6.07, 6.45) is 0. The smallest absolute Gasteiger partial charge is 0.224 e. The summed E-state index contributed by atoms with van der Waals surface area (Å²) in [5.74, 6) is 0.117. The third kappa shape index (κ3) is 2.70. The highest BCUT2D eigenvalue weighted by Gasteiger charge is 2.11. The fourth-order valence-electron chi connectivity index (χ4n) is 0.167. The molecule has 0 aliphatic carbocycles. The Bertz CT molecular complexity index is 82.1. The average molecular weight is 172 g/mol. The maximum absolute atomic E-state index is 10.3. The largest absolute Gasteiger partial charge is 0.282 e. The molecule has 0 atom stereocenters. The number of halogens is 2. The van der Waals surface area contributed by atoms with Crippen LogP contribution in [0.4, 0.5) is 0 Å². The van der Waals surface area contributed by atoms with Crippen molar-refractivity contribution < 1.29 is 4.79 Å². The number of carbonyl (C=O) groups is 1. The summed E-state index contributed by atoms with van der Waals surface area (Å²) in [4.78, 5) is 10.3. The first-order chi connectivity index (χ1) is 3.72. The molecule has 0 aromatic carbocycles. The fourth-order valence-corrected chi connectivity index (χ4v) is 1.13. The van der Waals surface area contributed by atoms with Crippen molar-refractivity contribution in [2.75, 3.05) is 11.8 Å². The van der Waals surface area contributed by atoms with E-state index in [9.17, 15) is 4.79 Å². The van der Waals surface area contributed by atoms with Gasteiger partial charge >= 0.3 is 0 Å². The Balaban J connectivity index is 3.52. The molecule has 1 nitrogen and oxygen atoms in total. The third-order valence-corrected chi connectivity index (χ3v) is 1.78. The number of hydrogen-bond acceptors (Lipinski definition) is 1. The first-order valence-corrected chi connectivity index (χ1v) is 3.53. The van der Waals surface area contributed by atoms with E-state index >= 15 is 0 Å². The minimum absolute atomic E-state index is 0.228. The molecule has 0 aliphatic rings. The van der Waals surface area contributed by atoms with Gasteiger partial charge in [0.2, 0.25) is 5.12 Å². The SMILES string of the molecule is O=C([S])C(CCl)CCl. The number of carbonyl (C=O) groups excluding carboxylic acids is 1. The van der Waals surface area contributed by atoms with Crippen LogP contribution in [-0.4, -0.2) is 16.9 Å². The highest BCUT2D eigenvalue weighted by molar-refractivity contribution is 7.96. The lowest BCUT2D eigenvalue weighted by molar-refractivity contribution is -0.113. The number of alkyl halides is 2. The summed E-state index contributed by atoms with van der Waals surface area (Å²) < 4.78 is 0. The Morgan fingerprint density at radius 1 is 1.50 bits per heavy atom. The summed E-state index contributed by atoms with van der Waals surface area (Å²) in [6, 6.07) is 0. The number of hydrogen-bond donors (Lipinski definition) is 0. The lowest BCUT2D eigenvalue weighted by Gasteiger charge is -1.99. The molecule has 4 heteroatoms. The second-order valence-corrected chi connectivity index (χ2v) is 2.34. The standard InChI is InChI=1S/C4H5Cl2OS/c5-1-3(2-6)4(7)8/h3H,1-2H2. The first kappa shape index (κ1) is 8.47. The van der Waals surface area contributed by atoms with Gasteiger partial charge in [-0.3, -0.25) is 4.79 Å². The van der Waals surface area contributed by atoms with Crippen LogP contribution in [-0.2, 0) is 4.79 Å². The molecule has 47 valence electrons. The molecule has 0 bridgehead atoms. The van der Waals surface area contributed by atoms with Crippen molar-refractivity contribution in [2.45, 2.75) is 0 Å². The van der Waals surface area contributed by atoms with Crippen molar-refractivity contribution in [1.29, 1.82) is 0 Å². The van der Waals surface area contributed by atoms with Crippen molar-refractivity contribution in [3.63, 3.8) is 0 Å². The molecule has 0 aromatic rings. The molecule has 0 spiro atoms. The van der Waals surface area contributed by atoms with Gasteiger partial charge in [0.15, 0.2) is 0 Å². The van der Waals surface area contributed by atoms with Gasteiger partial charge in [0.05, 0.1) is 5.92 Å². The third-order valence-electron chi connectivity index (χ3n) is 0.706. The van der Waals surface area contributed by atoms with Crippen LogP contribution >= 0.6 is 35.8 Å². The minimum atomic E-state index is -0.352. The van der Waals surface area contributed by atoms with Crippen LogP contribution in [0.15, 0.2) is 0 Å². The Morgan fingerprint density at radius 3 is 1.88 bits per heavy atom. The highest BCUT2D eigenvalue weighted by atomic mass is 35.5. The van der Waals surface area contributed by atoms with Crippen LogP contribution in [0.25, 0.3) is 0 Å². The van der Waals surface area contributed by atoms with Gasteiger partial charge in [0, 0.05) is 11.8 Å². The van der Waals surface area contributed by atoms with Crippen LogP contribution in [0, 0.1) is 5.92 Å². The van der Waals surface area contributed by atoms with Crippen molar-refractivity contribution in [3.8, 4) is 0 Å². The lowest BCUT2D eigenvalue weighted by atomic mass is 10.2. The van der Waals surface area contributed by atoms with E-state index in [4.69, 9.17) is 23.2 Å². The van der Waals surface area contributed by atoms with E-state index < -0.39 is 0 Å². The molecule has 0 aromatic heterocycles. The van der Waals surface area contributed by atoms with Crippen LogP contribution in [0.1, 0.15) is 0 Å². The number of rotatable bonds is 3. The maximum atomic E-state index is 10.3. The topological polar surface area (TPSA) is 17.1 Å². The van der Waals surface area contributed by atoms with Gasteiger partial charge in [-0.15, -0.1) is 23.2 Å². The Labute approximate surface area is 63.8 Å². The van der Waals surface area contributed by atoms with E-state index in [0.717, 1.165) is 0 Å². The summed E-state index contributed by atoms with van der Waals surface area (Å²) in [6.45, 7) is 0. The van der Waals surface area contributed by atoms with Crippen LogP contribution < -0.4 is 0 Å². The van der Waals surface area contributed by atoms with E-state index in [1.165, 1.54) is 0 Å². The minimum Gasteiger partial charge on any atom is -0.282 e. The quantitative estimate of drug-likeness (QED) is 0.593. The highest BCUT2D eigenvalue weighted by Crippen LogP contribution is 2.05. The van der Waals surface area contributed by atoms with E-state index in [1.54, 1.807) is 0 Å². The normalized spacial score (nSPS) is 9.88. The molecule has 8 heavy (non-hydrogen) atoms. The Morgan fingerprint density at radius 2 is 1.88 bits per heavy atom. The van der Waals surface area contributed by atoms with Crippen LogP contribution in [0.2, 0.25) is 0 Å². The molecule has 0 heterocycles. The van der Waals surface area contributed by atoms with Gasteiger partial charge in [-0.25, -0.2) is 0 Å². The average Bonchev–Trinajstić information content (AvgIpc) is 1.69. The van der Waals surface area contributed by atoms with Gasteiger partial charge in [-0.1, -0.05) is 0 Å². The van der Waals surface area contributed by atoms with E-state index in [0.29, 0.717) is 0 Å². The Hall–Kier alpha value is 0.470. The molecule has 0 saturated heterocycles. The van der Waals surface area contributed by atoms with Gasteiger partial charge in [-0.2, -0.15) is 0 Å². The molecule has 0 N–H and O–H groups in total. The van der Waals surface area contributed by atoms with Crippen molar-refractivity contribution in [2.24, 2.45) is 5.92 Å². The van der Waals surface area contributed by atoms with Crippen LogP contribution in [0.5, 0.6) is 0 Å². The van der Waals surface area contributed by atoms with Gasteiger partial charge < -0.3 is 0 Å². The van der Waals surface area contributed by atoms with Crippen molar-refractivity contribution >= 4 is 40.9 Å². The lowest BCUT2D eigenvalue weighted by Crippen LogP contribution is -2.11.